The molecule has 0 saturated heterocycles. The van der Waals surface area contributed by atoms with Crippen molar-refractivity contribution >= 4 is 0 Å². The first kappa shape index (κ1) is 12.6. The quantitative estimate of drug-likeness (QED) is 0.924. The van der Waals surface area contributed by atoms with Crippen molar-refractivity contribution in [1.82, 2.24) is 20.1 Å². The Hall–Kier alpha value is -2.08. The van der Waals surface area contributed by atoms with Crippen molar-refractivity contribution in [3.63, 3.8) is 0 Å². The Morgan fingerprint density at radius 1 is 1.33 bits per heavy atom. The second-order valence-corrected chi connectivity index (χ2v) is 5.54. The minimum absolute atomic E-state index is 0.318. The molecule has 0 saturated carbocycles. The molecule has 2 aliphatic rings. The second-order valence-electron chi connectivity index (χ2n) is 5.54. The SMILES string of the molecule is Cc1nnc2n1C[C@H](NCc1cccc3c1OCO3)CC2. The van der Waals surface area contributed by atoms with Crippen LogP contribution in [0, 0.1) is 6.92 Å². The van der Waals surface area contributed by atoms with Crippen LogP contribution in [0.25, 0.3) is 0 Å². The van der Waals surface area contributed by atoms with Crippen LogP contribution in [-0.4, -0.2) is 27.6 Å². The van der Waals surface area contributed by atoms with E-state index in [9.17, 15) is 0 Å². The van der Waals surface area contributed by atoms with Crippen LogP contribution in [-0.2, 0) is 19.5 Å². The molecule has 3 heterocycles. The highest BCUT2D eigenvalue weighted by molar-refractivity contribution is 5.48. The topological polar surface area (TPSA) is 61.2 Å². The van der Waals surface area contributed by atoms with Crippen LogP contribution in [0.1, 0.15) is 23.6 Å². The Kier molecular flexibility index (Phi) is 3.03. The fourth-order valence-corrected chi connectivity index (χ4v) is 3.01. The number of rotatable bonds is 3. The maximum Gasteiger partial charge on any atom is 0.231 e. The molecule has 1 N–H and O–H groups in total. The highest BCUT2D eigenvalue weighted by atomic mass is 16.7. The van der Waals surface area contributed by atoms with Crippen LogP contribution >= 0.6 is 0 Å². The first-order chi connectivity index (χ1) is 10.3. The minimum Gasteiger partial charge on any atom is -0.454 e. The maximum absolute atomic E-state index is 5.55. The van der Waals surface area contributed by atoms with Crippen molar-refractivity contribution in [1.29, 1.82) is 0 Å². The van der Waals surface area contributed by atoms with Crippen LogP contribution < -0.4 is 14.8 Å². The van der Waals surface area contributed by atoms with Gasteiger partial charge in [-0.3, -0.25) is 0 Å². The van der Waals surface area contributed by atoms with Gasteiger partial charge in [-0.2, -0.15) is 0 Å². The van der Waals surface area contributed by atoms with Crippen LogP contribution in [0.4, 0.5) is 0 Å². The van der Waals surface area contributed by atoms with E-state index in [1.165, 1.54) is 0 Å². The van der Waals surface area contributed by atoms with Gasteiger partial charge in [-0.05, 0) is 19.4 Å². The van der Waals surface area contributed by atoms with Gasteiger partial charge in [-0.1, -0.05) is 12.1 Å². The number of hydrogen-bond donors (Lipinski definition) is 1. The van der Waals surface area contributed by atoms with Crippen molar-refractivity contribution in [3.05, 3.63) is 35.4 Å². The molecule has 2 aliphatic heterocycles. The van der Waals surface area contributed by atoms with Crippen molar-refractivity contribution in [2.24, 2.45) is 0 Å². The summed E-state index contributed by atoms with van der Waals surface area (Å²) in [7, 11) is 0. The summed E-state index contributed by atoms with van der Waals surface area (Å²) in [5.41, 5.74) is 1.15. The van der Waals surface area contributed by atoms with E-state index < -0.39 is 0 Å². The number of aromatic nitrogens is 3. The zero-order valence-electron chi connectivity index (χ0n) is 12.0. The average molecular weight is 286 g/mol. The van der Waals surface area contributed by atoms with Crippen LogP contribution in [0.15, 0.2) is 18.2 Å². The lowest BCUT2D eigenvalue weighted by atomic mass is 10.1. The van der Waals surface area contributed by atoms with E-state index in [0.717, 1.165) is 54.6 Å². The molecule has 1 aromatic carbocycles. The highest BCUT2D eigenvalue weighted by Crippen LogP contribution is 2.35. The maximum atomic E-state index is 5.55. The molecule has 0 amide bonds. The van der Waals surface area contributed by atoms with Crippen molar-refractivity contribution < 1.29 is 9.47 Å². The summed E-state index contributed by atoms with van der Waals surface area (Å²) in [5.74, 6) is 3.81. The van der Waals surface area contributed by atoms with Gasteiger partial charge in [0.25, 0.3) is 0 Å². The summed E-state index contributed by atoms with van der Waals surface area (Å²) in [4.78, 5) is 0. The van der Waals surface area contributed by atoms with Gasteiger partial charge in [0.05, 0.1) is 0 Å². The zero-order valence-corrected chi connectivity index (χ0v) is 12.0. The van der Waals surface area contributed by atoms with E-state index in [4.69, 9.17) is 9.47 Å². The molecular weight excluding hydrogens is 268 g/mol. The van der Waals surface area contributed by atoms with Crippen molar-refractivity contribution in [3.8, 4) is 11.5 Å². The second kappa shape index (κ2) is 5.04. The zero-order chi connectivity index (χ0) is 14.2. The molecule has 0 fully saturated rings. The van der Waals surface area contributed by atoms with E-state index in [1.807, 2.05) is 19.1 Å². The molecule has 1 atom stereocenters. The Balaban J connectivity index is 1.44. The lowest BCUT2D eigenvalue weighted by Gasteiger charge is -2.25. The van der Waals surface area contributed by atoms with Gasteiger partial charge < -0.3 is 19.4 Å². The standard InChI is InChI=1S/C15H18N4O2/c1-10-17-18-14-6-5-12(8-19(10)14)16-7-11-3-2-4-13-15(11)21-9-20-13/h2-4,12,16H,5-9H2,1H3/t12-/m1/s1. The third kappa shape index (κ3) is 2.25. The van der Waals surface area contributed by atoms with Gasteiger partial charge in [0, 0.05) is 31.1 Å². The molecular formula is C15H18N4O2. The Bertz CT molecular complexity index is 668. The number of nitrogens with zero attached hydrogens (tertiary/aromatic N) is 3. The highest BCUT2D eigenvalue weighted by Gasteiger charge is 2.22. The Morgan fingerprint density at radius 2 is 2.29 bits per heavy atom. The van der Waals surface area contributed by atoms with Gasteiger partial charge in [0.15, 0.2) is 11.5 Å². The normalized spacial score (nSPS) is 19.6. The molecule has 4 rings (SSSR count). The summed E-state index contributed by atoms with van der Waals surface area (Å²) in [6, 6.07) is 6.47. The fourth-order valence-electron chi connectivity index (χ4n) is 3.01. The predicted octanol–water partition coefficient (Wildman–Crippen LogP) is 1.42. The first-order valence-corrected chi connectivity index (χ1v) is 7.31. The first-order valence-electron chi connectivity index (χ1n) is 7.31. The lowest BCUT2D eigenvalue weighted by Crippen LogP contribution is -2.37. The molecule has 0 unspecified atom stereocenters. The summed E-state index contributed by atoms with van der Waals surface area (Å²) in [5, 5.41) is 12.0. The minimum atomic E-state index is 0.318. The summed E-state index contributed by atoms with van der Waals surface area (Å²) in [6.07, 6.45) is 2.07. The molecule has 0 aliphatic carbocycles. The van der Waals surface area contributed by atoms with Crippen molar-refractivity contribution in [2.45, 2.75) is 38.9 Å². The van der Waals surface area contributed by atoms with Gasteiger partial charge >= 0.3 is 0 Å². The molecule has 6 nitrogen and oxygen atoms in total. The summed E-state index contributed by atoms with van der Waals surface area (Å²) in [6.45, 7) is 4.04. The van der Waals surface area contributed by atoms with E-state index >= 15 is 0 Å². The number of fused-ring (bicyclic) bond motifs is 2. The Morgan fingerprint density at radius 3 is 3.24 bits per heavy atom. The van der Waals surface area contributed by atoms with E-state index in [2.05, 4.69) is 26.1 Å². The molecule has 21 heavy (non-hydrogen) atoms. The largest absolute Gasteiger partial charge is 0.454 e. The van der Waals surface area contributed by atoms with Crippen LogP contribution in [0.3, 0.4) is 0 Å². The third-order valence-corrected chi connectivity index (χ3v) is 4.19. The Labute approximate surface area is 123 Å². The van der Waals surface area contributed by atoms with E-state index in [0.29, 0.717) is 12.8 Å². The monoisotopic (exact) mass is 286 g/mol. The van der Waals surface area contributed by atoms with Gasteiger partial charge in [-0.25, -0.2) is 0 Å². The van der Waals surface area contributed by atoms with Gasteiger partial charge in [0.2, 0.25) is 6.79 Å². The summed E-state index contributed by atoms with van der Waals surface area (Å²) >= 11 is 0. The fraction of sp³-hybridized carbons (Fsp3) is 0.467. The van der Waals surface area contributed by atoms with Crippen LogP contribution in [0.2, 0.25) is 0 Å². The number of para-hydroxylation sites is 1. The molecule has 1 aromatic heterocycles. The van der Waals surface area contributed by atoms with Gasteiger partial charge in [0.1, 0.15) is 11.6 Å². The lowest BCUT2D eigenvalue weighted by molar-refractivity contribution is 0.173. The molecule has 0 radical (unpaired) electrons. The van der Waals surface area contributed by atoms with Crippen LogP contribution in [0.5, 0.6) is 11.5 Å². The predicted molar refractivity (Wildman–Crippen MR) is 76.3 cm³/mol. The smallest absolute Gasteiger partial charge is 0.231 e. The summed E-state index contributed by atoms with van der Waals surface area (Å²) < 4.78 is 13.2. The number of nitrogens with one attached hydrogen (secondary N) is 1. The van der Waals surface area contributed by atoms with E-state index in [-0.39, 0.29) is 0 Å². The molecule has 0 spiro atoms. The van der Waals surface area contributed by atoms with Crippen molar-refractivity contribution in [2.75, 3.05) is 6.79 Å². The molecule has 2 aromatic rings. The average Bonchev–Trinajstić information content (AvgIpc) is 3.12. The molecule has 110 valence electrons. The van der Waals surface area contributed by atoms with E-state index in [1.54, 1.807) is 0 Å². The number of ether oxygens (including phenoxy) is 2. The number of benzene rings is 1. The number of hydrogen-bond acceptors (Lipinski definition) is 5. The van der Waals surface area contributed by atoms with Gasteiger partial charge in [-0.15, -0.1) is 10.2 Å². The molecule has 6 heteroatoms. The molecule has 0 bridgehead atoms. The number of aryl methyl sites for hydroxylation is 2. The third-order valence-electron chi connectivity index (χ3n) is 4.19.